The lowest BCUT2D eigenvalue weighted by atomic mass is 10.2. The predicted molar refractivity (Wildman–Crippen MR) is 95.8 cm³/mol. The molecule has 0 amide bonds. The van der Waals surface area contributed by atoms with Gasteiger partial charge < -0.3 is 9.30 Å². The van der Waals surface area contributed by atoms with Crippen molar-refractivity contribution in [3.8, 4) is 0 Å². The van der Waals surface area contributed by atoms with Crippen LogP contribution < -0.4 is 0 Å². The number of nitro groups is 1. The molecule has 0 saturated heterocycles. The molecule has 0 saturated carbocycles. The molecule has 0 N–H and O–H groups in total. The molecule has 0 atom stereocenters. The number of ether oxygens (including phenoxy) is 1. The van der Waals surface area contributed by atoms with Crippen LogP contribution in [0.5, 0.6) is 0 Å². The molecule has 0 unspecified atom stereocenters. The average molecular weight is 374 g/mol. The van der Waals surface area contributed by atoms with Crippen molar-refractivity contribution in [2.45, 2.75) is 42.3 Å². The van der Waals surface area contributed by atoms with Gasteiger partial charge in [-0.05, 0) is 42.3 Å². The zero-order chi connectivity index (χ0) is 18.5. The molecule has 1 aliphatic rings. The lowest BCUT2D eigenvalue weighted by molar-refractivity contribution is -0.387. The summed E-state index contributed by atoms with van der Waals surface area (Å²) in [7, 11) is 1.27. The Morgan fingerprint density at radius 3 is 2.96 bits per heavy atom. The summed E-state index contributed by atoms with van der Waals surface area (Å²) in [6, 6.07) is 4.81. The zero-order valence-corrected chi connectivity index (χ0v) is 15.1. The number of methoxy groups -OCH3 is 1. The second kappa shape index (κ2) is 8.13. The molecule has 9 heteroatoms. The summed E-state index contributed by atoms with van der Waals surface area (Å²) in [5.41, 5.74) is 0.513. The second-order valence-electron chi connectivity index (χ2n) is 5.80. The molecule has 0 radical (unpaired) electrons. The Morgan fingerprint density at radius 1 is 1.35 bits per heavy atom. The second-order valence-corrected chi connectivity index (χ2v) is 6.81. The highest BCUT2D eigenvalue weighted by Gasteiger charge is 2.20. The summed E-state index contributed by atoms with van der Waals surface area (Å²) in [4.78, 5) is 22.7. The Labute approximate surface area is 154 Å². The van der Waals surface area contributed by atoms with Crippen molar-refractivity contribution in [3.05, 3.63) is 45.8 Å². The van der Waals surface area contributed by atoms with Gasteiger partial charge in [0.05, 0.1) is 16.9 Å². The fourth-order valence-corrected chi connectivity index (χ4v) is 3.69. The summed E-state index contributed by atoms with van der Waals surface area (Å²) in [6.45, 7) is 0.832. The van der Waals surface area contributed by atoms with Gasteiger partial charge in [-0.15, -0.1) is 10.2 Å². The molecule has 1 aliphatic heterocycles. The number of hydrogen-bond donors (Lipinski definition) is 0. The third kappa shape index (κ3) is 4.10. The monoisotopic (exact) mass is 374 g/mol. The fourth-order valence-electron chi connectivity index (χ4n) is 2.73. The molecular weight excluding hydrogens is 356 g/mol. The van der Waals surface area contributed by atoms with Crippen LogP contribution in [0.15, 0.2) is 34.3 Å². The Morgan fingerprint density at radius 2 is 2.19 bits per heavy atom. The van der Waals surface area contributed by atoms with Crippen LogP contribution in [0.2, 0.25) is 0 Å². The predicted octanol–water partition coefficient (Wildman–Crippen LogP) is 3.25. The normalized spacial score (nSPS) is 14.0. The van der Waals surface area contributed by atoms with Crippen molar-refractivity contribution in [2.24, 2.45) is 0 Å². The Bertz CT molecular complexity index is 862. The highest BCUT2D eigenvalue weighted by atomic mass is 32.2. The smallest absolute Gasteiger partial charge is 0.330 e. The molecule has 2 aromatic rings. The maximum atomic E-state index is 11.5. The standard InChI is InChI=1S/C17H18N4O4S/c1-25-16(22)9-7-12-6-8-14(13(11-12)21(23)24)26-17-19-18-15-5-3-2-4-10-20(15)17/h6-9,11H,2-5,10H2,1H3/b9-7+. The van der Waals surface area contributed by atoms with Crippen LogP contribution in [0.4, 0.5) is 5.69 Å². The maximum absolute atomic E-state index is 11.5. The number of rotatable bonds is 5. The van der Waals surface area contributed by atoms with Gasteiger partial charge in [0.15, 0.2) is 5.16 Å². The highest BCUT2D eigenvalue weighted by Crippen LogP contribution is 2.35. The largest absolute Gasteiger partial charge is 0.466 e. The minimum Gasteiger partial charge on any atom is -0.466 e. The molecule has 1 aromatic heterocycles. The molecule has 2 heterocycles. The number of carbonyl (C=O) groups excluding carboxylic acids is 1. The van der Waals surface area contributed by atoms with E-state index in [0.29, 0.717) is 15.6 Å². The van der Waals surface area contributed by atoms with E-state index >= 15 is 0 Å². The Balaban J connectivity index is 1.88. The zero-order valence-electron chi connectivity index (χ0n) is 14.3. The van der Waals surface area contributed by atoms with E-state index in [0.717, 1.165) is 38.1 Å². The van der Waals surface area contributed by atoms with E-state index in [9.17, 15) is 14.9 Å². The van der Waals surface area contributed by atoms with Crippen molar-refractivity contribution in [1.29, 1.82) is 0 Å². The summed E-state index contributed by atoms with van der Waals surface area (Å²) in [6.07, 6.45) is 6.88. The number of aromatic nitrogens is 3. The topological polar surface area (TPSA) is 100 Å². The van der Waals surface area contributed by atoms with Gasteiger partial charge in [-0.3, -0.25) is 10.1 Å². The van der Waals surface area contributed by atoms with E-state index in [2.05, 4.69) is 14.9 Å². The summed E-state index contributed by atoms with van der Waals surface area (Å²) >= 11 is 1.24. The van der Waals surface area contributed by atoms with Gasteiger partial charge in [0.2, 0.25) is 0 Å². The van der Waals surface area contributed by atoms with Crippen LogP contribution in [-0.4, -0.2) is 32.8 Å². The van der Waals surface area contributed by atoms with Crippen molar-refractivity contribution in [2.75, 3.05) is 7.11 Å². The summed E-state index contributed by atoms with van der Waals surface area (Å²) < 4.78 is 6.57. The Kier molecular flexibility index (Phi) is 5.67. The van der Waals surface area contributed by atoms with Crippen molar-refractivity contribution in [1.82, 2.24) is 14.8 Å². The quantitative estimate of drug-likeness (QED) is 0.343. The van der Waals surface area contributed by atoms with Gasteiger partial charge in [0, 0.05) is 25.1 Å². The van der Waals surface area contributed by atoms with Gasteiger partial charge in [-0.2, -0.15) is 0 Å². The van der Waals surface area contributed by atoms with E-state index in [4.69, 9.17) is 0 Å². The number of nitrogens with zero attached hydrogens (tertiary/aromatic N) is 4. The van der Waals surface area contributed by atoms with Crippen LogP contribution in [0.3, 0.4) is 0 Å². The van der Waals surface area contributed by atoms with E-state index in [-0.39, 0.29) is 5.69 Å². The molecule has 136 valence electrons. The van der Waals surface area contributed by atoms with Gasteiger partial charge >= 0.3 is 5.97 Å². The molecule has 8 nitrogen and oxygen atoms in total. The van der Waals surface area contributed by atoms with E-state index in [1.807, 2.05) is 4.57 Å². The number of carbonyl (C=O) groups is 1. The van der Waals surface area contributed by atoms with Crippen LogP contribution in [-0.2, 0) is 22.5 Å². The first-order chi connectivity index (χ1) is 12.6. The number of aryl methyl sites for hydroxylation is 1. The molecular formula is C17H18N4O4S. The number of hydrogen-bond acceptors (Lipinski definition) is 7. The molecule has 3 rings (SSSR count). The van der Waals surface area contributed by atoms with Crippen molar-refractivity contribution in [3.63, 3.8) is 0 Å². The molecule has 1 aromatic carbocycles. The van der Waals surface area contributed by atoms with Gasteiger partial charge in [0.25, 0.3) is 5.69 Å². The fraction of sp³-hybridized carbons (Fsp3) is 0.353. The molecule has 0 bridgehead atoms. The number of esters is 1. The average Bonchev–Trinajstić information content (AvgIpc) is 2.87. The van der Waals surface area contributed by atoms with Gasteiger partial charge in [-0.1, -0.05) is 12.5 Å². The van der Waals surface area contributed by atoms with Crippen LogP contribution >= 0.6 is 11.8 Å². The highest BCUT2D eigenvalue weighted by molar-refractivity contribution is 7.99. The number of benzene rings is 1. The van der Waals surface area contributed by atoms with Crippen molar-refractivity contribution >= 4 is 29.5 Å². The van der Waals surface area contributed by atoms with E-state index in [1.165, 1.54) is 37.1 Å². The minimum atomic E-state index is -0.516. The van der Waals surface area contributed by atoms with Gasteiger partial charge in [-0.25, -0.2) is 4.79 Å². The van der Waals surface area contributed by atoms with Crippen LogP contribution in [0.25, 0.3) is 6.08 Å². The van der Waals surface area contributed by atoms with Crippen molar-refractivity contribution < 1.29 is 14.5 Å². The molecule has 0 fully saturated rings. The Hall–Kier alpha value is -2.68. The van der Waals surface area contributed by atoms with E-state index < -0.39 is 10.9 Å². The SMILES string of the molecule is COC(=O)/C=C/c1ccc(Sc2nnc3n2CCCCC3)c([N+](=O)[O-])c1. The van der Waals surface area contributed by atoms with Gasteiger partial charge in [0.1, 0.15) is 5.82 Å². The van der Waals surface area contributed by atoms with Crippen LogP contribution in [0.1, 0.15) is 30.7 Å². The summed E-state index contributed by atoms with van der Waals surface area (Å²) in [5, 5.41) is 20.6. The third-order valence-corrected chi connectivity index (χ3v) is 5.12. The lowest BCUT2D eigenvalue weighted by Crippen LogP contribution is -2.02. The molecule has 26 heavy (non-hydrogen) atoms. The lowest BCUT2D eigenvalue weighted by Gasteiger charge is -2.07. The maximum Gasteiger partial charge on any atom is 0.330 e. The molecule has 0 aliphatic carbocycles. The third-order valence-electron chi connectivity index (χ3n) is 4.07. The number of nitro benzene ring substituents is 1. The first kappa shape index (κ1) is 18.1. The van der Waals surface area contributed by atoms with E-state index in [1.54, 1.807) is 12.1 Å². The molecule has 0 spiro atoms. The number of fused-ring (bicyclic) bond motifs is 1. The first-order valence-corrected chi connectivity index (χ1v) is 9.04. The summed E-state index contributed by atoms with van der Waals surface area (Å²) in [5.74, 6) is 0.419. The minimum absolute atomic E-state index is 0.0343. The van der Waals surface area contributed by atoms with Crippen LogP contribution in [0, 0.1) is 10.1 Å². The first-order valence-electron chi connectivity index (χ1n) is 8.23.